The summed E-state index contributed by atoms with van der Waals surface area (Å²) in [5.74, 6) is -0.876. The Bertz CT molecular complexity index is 976. The highest BCUT2D eigenvalue weighted by molar-refractivity contribution is 6.36. The van der Waals surface area contributed by atoms with E-state index in [4.69, 9.17) is 17.3 Å². The van der Waals surface area contributed by atoms with Gasteiger partial charge in [0.1, 0.15) is 11.6 Å². The van der Waals surface area contributed by atoms with Crippen molar-refractivity contribution in [3.05, 3.63) is 58.1 Å². The molecule has 4 nitrogen and oxygen atoms in total. The summed E-state index contributed by atoms with van der Waals surface area (Å²) in [5, 5.41) is 12.8. The average molecular weight is 373 g/mol. The van der Waals surface area contributed by atoms with Crippen LogP contribution in [0.2, 0.25) is 5.02 Å². The van der Waals surface area contributed by atoms with Crippen molar-refractivity contribution in [3.8, 4) is 11.1 Å². The minimum atomic E-state index is -0.400. The molecule has 2 aliphatic rings. The van der Waals surface area contributed by atoms with Gasteiger partial charge in [0, 0.05) is 28.7 Å². The first-order valence-corrected chi connectivity index (χ1v) is 8.80. The van der Waals surface area contributed by atoms with Gasteiger partial charge < -0.3 is 16.2 Å². The second-order valence-electron chi connectivity index (χ2n) is 6.97. The molecule has 1 fully saturated rings. The summed E-state index contributed by atoms with van der Waals surface area (Å²) in [6.07, 6.45) is 1.94. The second-order valence-corrected chi connectivity index (χ2v) is 7.38. The molecule has 1 saturated carbocycles. The number of benzene rings is 2. The zero-order valence-corrected chi connectivity index (χ0v) is 15.0. The molecule has 0 spiro atoms. The van der Waals surface area contributed by atoms with E-state index in [2.05, 4.69) is 5.32 Å². The van der Waals surface area contributed by atoms with Crippen molar-refractivity contribution >= 4 is 28.8 Å². The second kappa shape index (κ2) is 5.83. The number of aliphatic hydroxyl groups is 1. The predicted molar refractivity (Wildman–Crippen MR) is 101 cm³/mol. The molecule has 2 aromatic carbocycles. The summed E-state index contributed by atoms with van der Waals surface area (Å²) >= 11 is 6.34. The fraction of sp³-hybridized carbons (Fsp3) is 0.250. The maximum absolute atomic E-state index is 14.9. The highest BCUT2D eigenvalue weighted by atomic mass is 35.5. The summed E-state index contributed by atoms with van der Waals surface area (Å²) in [4.78, 5) is 12.0. The molecule has 0 saturated heterocycles. The number of halogens is 2. The maximum atomic E-state index is 14.9. The van der Waals surface area contributed by atoms with Crippen LogP contribution < -0.4 is 11.1 Å². The molecule has 4 N–H and O–H groups in total. The third-order valence-electron chi connectivity index (χ3n) is 5.33. The van der Waals surface area contributed by atoms with Crippen molar-refractivity contribution in [2.75, 3.05) is 11.9 Å². The lowest BCUT2D eigenvalue weighted by Crippen LogP contribution is -2.19. The summed E-state index contributed by atoms with van der Waals surface area (Å²) in [5.41, 5.74) is 8.66. The van der Waals surface area contributed by atoms with E-state index in [-0.39, 0.29) is 22.6 Å². The van der Waals surface area contributed by atoms with Gasteiger partial charge in [-0.1, -0.05) is 23.7 Å². The zero-order chi connectivity index (χ0) is 18.6. The SMILES string of the molecule is C/C(O)=C1\C(=O)Nc2cc(Cl)c(-c3ccc(C4(CN)CC4)cc3F)cc21. The minimum absolute atomic E-state index is 0.0936. The smallest absolute Gasteiger partial charge is 0.259 e. The van der Waals surface area contributed by atoms with Gasteiger partial charge in [0.25, 0.3) is 5.91 Å². The van der Waals surface area contributed by atoms with Gasteiger partial charge >= 0.3 is 0 Å². The Balaban J connectivity index is 1.83. The topological polar surface area (TPSA) is 75.3 Å². The van der Waals surface area contributed by atoms with Gasteiger partial charge in [-0.3, -0.25) is 4.79 Å². The number of anilines is 1. The number of hydrogen-bond acceptors (Lipinski definition) is 3. The molecule has 4 rings (SSSR count). The van der Waals surface area contributed by atoms with Crippen LogP contribution in [-0.4, -0.2) is 17.6 Å². The van der Waals surface area contributed by atoms with Crippen LogP contribution in [0.4, 0.5) is 10.1 Å². The fourth-order valence-corrected chi connectivity index (χ4v) is 3.85. The summed E-state index contributed by atoms with van der Waals surface area (Å²) in [7, 11) is 0. The first-order chi connectivity index (χ1) is 12.4. The molecular formula is C20H18ClFN2O2. The number of carbonyl (C=O) groups is 1. The normalized spacial score (nSPS) is 19.2. The van der Waals surface area contributed by atoms with E-state index in [0.29, 0.717) is 33.9 Å². The van der Waals surface area contributed by atoms with Gasteiger partial charge in [-0.15, -0.1) is 0 Å². The molecular weight excluding hydrogens is 355 g/mol. The molecule has 6 heteroatoms. The Labute approximate surface area is 155 Å². The average Bonchev–Trinajstić information content (AvgIpc) is 3.32. The van der Waals surface area contributed by atoms with Crippen molar-refractivity contribution in [2.45, 2.75) is 25.2 Å². The predicted octanol–water partition coefficient (Wildman–Crippen LogP) is 4.38. The standard InChI is InChI=1S/C20H18ClFN2O2/c1-10(25)18-14-7-13(15(21)8-17(14)24-19(18)26)12-3-2-11(6-16(12)22)20(9-23)4-5-20/h2-3,6-8,25H,4-5,9,23H2,1H3,(H,24,26)/b18-10+. The van der Waals surface area contributed by atoms with E-state index in [1.54, 1.807) is 18.2 Å². The first kappa shape index (κ1) is 17.1. The van der Waals surface area contributed by atoms with Crippen molar-refractivity contribution in [1.29, 1.82) is 0 Å². The number of amides is 1. The molecule has 2 aromatic rings. The van der Waals surface area contributed by atoms with Gasteiger partial charge in [-0.25, -0.2) is 4.39 Å². The third-order valence-corrected chi connectivity index (χ3v) is 5.64. The summed E-state index contributed by atoms with van der Waals surface area (Å²) in [6, 6.07) is 8.33. The highest BCUT2D eigenvalue weighted by Gasteiger charge is 2.43. The molecule has 134 valence electrons. The van der Waals surface area contributed by atoms with E-state index >= 15 is 0 Å². The van der Waals surface area contributed by atoms with Gasteiger partial charge in [0.15, 0.2) is 0 Å². The number of aliphatic hydroxyl groups excluding tert-OH is 1. The van der Waals surface area contributed by atoms with Gasteiger partial charge in [-0.05, 0) is 43.5 Å². The van der Waals surface area contributed by atoms with E-state index in [1.165, 1.54) is 13.0 Å². The molecule has 0 radical (unpaired) electrons. The van der Waals surface area contributed by atoms with Crippen LogP contribution in [0.25, 0.3) is 16.7 Å². The van der Waals surface area contributed by atoms with Crippen LogP contribution >= 0.6 is 11.6 Å². The van der Waals surface area contributed by atoms with Crippen LogP contribution in [0.1, 0.15) is 30.9 Å². The molecule has 26 heavy (non-hydrogen) atoms. The number of fused-ring (bicyclic) bond motifs is 1. The fourth-order valence-electron chi connectivity index (χ4n) is 3.58. The molecule has 1 heterocycles. The van der Waals surface area contributed by atoms with Crippen LogP contribution in [0.15, 0.2) is 36.1 Å². The van der Waals surface area contributed by atoms with Crippen molar-refractivity contribution in [1.82, 2.24) is 0 Å². The quantitative estimate of drug-likeness (QED) is 0.553. The Morgan fingerprint density at radius 3 is 2.58 bits per heavy atom. The van der Waals surface area contributed by atoms with Gasteiger partial charge in [-0.2, -0.15) is 0 Å². The molecule has 0 aromatic heterocycles. The number of carbonyl (C=O) groups excluding carboxylic acids is 1. The lowest BCUT2D eigenvalue weighted by Gasteiger charge is -2.15. The monoisotopic (exact) mass is 372 g/mol. The molecule has 1 amide bonds. The van der Waals surface area contributed by atoms with Crippen molar-refractivity contribution < 1.29 is 14.3 Å². The molecule has 0 bridgehead atoms. The molecule has 1 aliphatic heterocycles. The molecule has 0 unspecified atom stereocenters. The van der Waals surface area contributed by atoms with Crippen LogP contribution in [0.3, 0.4) is 0 Å². The van der Waals surface area contributed by atoms with Crippen LogP contribution in [0.5, 0.6) is 0 Å². The summed E-state index contributed by atoms with van der Waals surface area (Å²) in [6.45, 7) is 1.94. The van der Waals surface area contributed by atoms with E-state index < -0.39 is 5.91 Å². The van der Waals surface area contributed by atoms with Gasteiger partial charge in [0.2, 0.25) is 0 Å². The van der Waals surface area contributed by atoms with Gasteiger partial charge in [0.05, 0.1) is 16.3 Å². The van der Waals surface area contributed by atoms with E-state index in [9.17, 15) is 14.3 Å². The Kier molecular flexibility index (Phi) is 3.82. The lowest BCUT2D eigenvalue weighted by atomic mass is 9.92. The van der Waals surface area contributed by atoms with E-state index in [1.807, 2.05) is 6.07 Å². The minimum Gasteiger partial charge on any atom is -0.512 e. The first-order valence-electron chi connectivity index (χ1n) is 8.42. The maximum Gasteiger partial charge on any atom is 0.259 e. The zero-order valence-electron chi connectivity index (χ0n) is 14.2. The van der Waals surface area contributed by atoms with Crippen LogP contribution in [-0.2, 0) is 10.2 Å². The Morgan fingerprint density at radius 2 is 2.00 bits per heavy atom. The molecule has 0 atom stereocenters. The number of allylic oxidation sites excluding steroid dienone is 1. The number of nitrogens with one attached hydrogen (secondary N) is 1. The van der Waals surface area contributed by atoms with E-state index in [0.717, 1.165) is 18.4 Å². The Morgan fingerprint density at radius 1 is 1.27 bits per heavy atom. The van der Waals surface area contributed by atoms with Crippen molar-refractivity contribution in [3.63, 3.8) is 0 Å². The summed E-state index contributed by atoms with van der Waals surface area (Å²) < 4.78 is 14.9. The lowest BCUT2D eigenvalue weighted by molar-refractivity contribution is -0.110. The van der Waals surface area contributed by atoms with Crippen LogP contribution in [0, 0.1) is 5.82 Å². The number of rotatable bonds is 3. The molecule has 1 aliphatic carbocycles. The van der Waals surface area contributed by atoms with Crippen molar-refractivity contribution in [2.24, 2.45) is 5.73 Å². The number of nitrogens with two attached hydrogens (primary N) is 1. The number of hydrogen-bond donors (Lipinski definition) is 3. The Hall–Kier alpha value is -2.37. The largest absolute Gasteiger partial charge is 0.512 e. The third kappa shape index (κ3) is 2.50. The highest BCUT2D eigenvalue weighted by Crippen LogP contribution is 2.48.